The van der Waals surface area contributed by atoms with Gasteiger partial charge in [0.2, 0.25) is 5.91 Å². The number of carbonyl (C=O) groups excluding carboxylic acids is 1. The highest BCUT2D eigenvalue weighted by Crippen LogP contribution is 2.15. The molecule has 2 aromatic carbocycles. The summed E-state index contributed by atoms with van der Waals surface area (Å²) in [5.41, 5.74) is 2.97. The van der Waals surface area contributed by atoms with Crippen molar-refractivity contribution in [2.75, 3.05) is 38.0 Å². The van der Waals surface area contributed by atoms with Crippen LogP contribution < -0.4 is 5.32 Å². The summed E-state index contributed by atoms with van der Waals surface area (Å²) in [5.74, 6) is 1.10. The Labute approximate surface area is 169 Å². The summed E-state index contributed by atoms with van der Waals surface area (Å²) in [5, 5.41) is 3.87. The molecule has 1 aliphatic rings. The second-order valence-corrected chi connectivity index (χ2v) is 7.51. The predicted molar refractivity (Wildman–Crippen MR) is 113 cm³/mol. The van der Waals surface area contributed by atoms with Crippen LogP contribution in [0.2, 0.25) is 5.02 Å². The van der Waals surface area contributed by atoms with Crippen LogP contribution in [0.25, 0.3) is 11.0 Å². The number of imidazole rings is 1. The number of aromatic nitrogens is 2. The molecule has 7 heteroatoms. The Kier molecular flexibility index (Phi) is 5.78. The van der Waals surface area contributed by atoms with Gasteiger partial charge in [-0.05, 0) is 42.8 Å². The third-order valence-electron chi connectivity index (χ3n) is 5.04. The van der Waals surface area contributed by atoms with E-state index in [1.807, 2.05) is 53.4 Å². The molecule has 0 saturated carbocycles. The van der Waals surface area contributed by atoms with Crippen LogP contribution in [0.15, 0.2) is 48.5 Å². The van der Waals surface area contributed by atoms with E-state index in [1.165, 1.54) is 0 Å². The van der Waals surface area contributed by atoms with Gasteiger partial charge in [-0.3, -0.25) is 9.69 Å². The SMILES string of the molecule is O=C(CNc1ccc(Cl)cc1)N1CCCN(Cc2nc3ccccc3[nH]2)CC1. The molecule has 146 valence electrons. The number of nitrogens with zero attached hydrogens (tertiary/aromatic N) is 3. The van der Waals surface area contributed by atoms with E-state index in [4.69, 9.17) is 11.6 Å². The van der Waals surface area contributed by atoms with Crippen LogP contribution in [-0.4, -0.2) is 58.4 Å². The van der Waals surface area contributed by atoms with Crippen LogP contribution in [0, 0.1) is 0 Å². The quantitative estimate of drug-likeness (QED) is 0.692. The fraction of sp³-hybridized carbons (Fsp3) is 0.333. The molecule has 3 aromatic rings. The lowest BCUT2D eigenvalue weighted by molar-refractivity contribution is -0.129. The van der Waals surface area contributed by atoms with Crippen molar-refractivity contribution in [2.45, 2.75) is 13.0 Å². The van der Waals surface area contributed by atoms with Crippen molar-refractivity contribution < 1.29 is 4.79 Å². The number of nitrogens with one attached hydrogen (secondary N) is 2. The van der Waals surface area contributed by atoms with Crippen LogP contribution >= 0.6 is 11.6 Å². The lowest BCUT2D eigenvalue weighted by Crippen LogP contribution is -2.38. The van der Waals surface area contributed by atoms with Gasteiger partial charge in [-0.15, -0.1) is 0 Å². The minimum absolute atomic E-state index is 0.125. The van der Waals surface area contributed by atoms with Crippen molar-refractivity contribution >= 4 is 34.2 Å². The maximum atomic E-state index is 12.6. The van der Waals surface area contributed by atoms with Crippen LogP contribution in [0.5, 0.6) is 0 Å². The average Bonchev–Trinajstić information content (AvgIpc) is 2.97. The van der Waals surface area contributed by atoms with Gasteiger partial charge in [0.15, 0.2) is 0 Å². The number of benzene rings is 2. The zero-order valence-corrected chi connectivity index (χ0v) is 16.5. The largest absolute Gasteiger partial charge is 0.376 e. The predicted octanol–water partition coefficient (Wildman–Crippen LogP) is 3.36. The number of fused-ring (bicyclic) bond motifs is 1. The topological polar surface area (TPSA) is 64.3 Å². The molecule has 1 aromatic heterocycles. The van der Waals surface area contributed by atoms with E-state index in [2.05, 4.69) is 20.2 Å². The second kappa shape index (κ2) is 8.63. The number of aromatic amines is 1. The molecule has 1 saturated heterocycles. The molecule has 0 radical (unpaired) electrons. The van der Waals surface area contributed by atoms with Crippen LogP contribution in [-0.2, 0) is 11.3 Å². The highest BCUT2D eigenvalue weighted by atomic mass is 35.5. The maximum absolute atomic E-state index is 12.6. The Morgan fingerprint density at radius 1 is 1.07 bits per heavy atom. The standard InChI is InChI=1S/C21H24ClN5O/c22-16-6-8-17(9-7-16)23-14-21(28)27-11-3-10-26(12-13-27)15-20-24-18-4-1-2-5-19(18)25-20/h1-2,4-9,23H,3,10-15H2,(H,24,25). The summed E-state index contributed by atoms with van der Waals surface area (Å²) < 4.78 is 0. The zero-order chi connectivity index (χ0) is 19.3. The van der Waals surface area contributed by atoms with E-state index in [9.17, 15) is 4.79 Å². The van der Waals surface area contributed by atoms with Gasteiger partial charge >= 0.3 is 0 Å². The van der Waals surface area contributed by atoms with Crippen LogP contribution in [0.1, 0.15) is 12.2 Å². The second-order valence-electron chi connectivity index (χ2n) is 7.07. The number of hydrogen-bond donors (Lipinski definition) is 2. The molecule has 4 rings (SSSR count). The molecule has 6 nitrogen and oxygen atoms in total. The molecular formula is C21H24ClN5O. The molecule has 1 aliphatic heterocycles. The molecule has 1 amide bonds. The first-order valence-electron chi connectivity index (χ1n) is 9.60. The molecule has 28 heavy (non-hydrogen) atoms. The van der Waals surface area contributed by atoms with Gasteiger partial charge in [0, 0.05) is 36.9 Å². The van der Waals surface area contributed by atoms with E-state index < -0.39 is 0 Å². The average molecular weight is 398 g/mol. The lowest BCUT2D eigenvalue weighted by Gasteiger charge is -2.22. The zero-order valence-electron chi connectivity index (χ0n) is 15.7. The Morgan fingerprint density at radius 2 is 1.89 bits per heavy atom. The third kappa shape index (κ3) is 4.64. The molecular weight excluding hydrogens is 374 g/mol. The van der Waals surface area contributed by atoms with Crippen molar-refractivity contribution in [1.29, 1.82) is 0 Å². The summed E-state index contributed by atoms with van der Waals surface area (Å²) in [6.07, 6.45) is 0.965. The number of para-hydroxylation sites is 2. The summed E-state index contributed by atoms with van der Waals surface area (Å²) in [6, 6.07) is 15.5. The number of hydrogen-bond acceptors (Lipinski definition) is 4. The Hall–Kier alpha value is -2.57. The number of H-pyrrole nitrogens is 1. The fourth-order valence-corrected chi connectivity index (χ4v) is 3.65. The summed E-state index contributed by atoms with van der Waals surface area (Å²) in [7, 11) is 0. The van der Waals surface area contributed by atoms with Gasteiger partial charge in [-0.2, -0.15) is 0 Å². The fourth-order valence-electron chi connectivity index (χ4n) is 3.53. The smallest absolute Gasteiger partial charge is 0.241 e. The summed E-state index contributed by atoms with van der Waals surface area (Å²) in [4.78, 5) is 24.9. The number of amides is 1. The van der Waals surface area contributed by atoms with Crippen molar-refractivity contribution in [3.05, 3.63) is 59.4 Å². The van der Waals surface area contributed by atoms with E-state index in [0.717, 1.165) is 61.7 Å². The van der Waals surface area contributed by atoms with Gasteiger partial charge in [0.25, 0.3) is 0 Å². The first-order chi connectivity index (χ1) is 13.7. The monoisotopic (exact) mass is 397 g/mol. The summed E-state index contributed by atoms with van der Waals surface area (Å²) >= 11 is 5.89. The molecule has 0 atom stereocenters. The molecule has 0 spiro atoms. The van der Waals surface area contributed by atoms with Crippen molar-refractivity contribution in [2.24, 2.45) is 0 Å². The van der Waals surface area contributed by atoms with E-state index in [-0.39, 0.29) is 5.91 Å². The molecule has 1 fully saturated rings. The van der Waals surface area contributed by atoms with Gasteiger partial charge in [-0.1, -0.05) is 23.7 Å². The van der Waals surface area contributed by atoms with Gasteiger partial charge in [-0.25, -0.2) is 4.98 Å². The third-order valence-corrected chi connectivity index (χ3v) is 5.29. The molecule has 2 N–H and O–H groups in total. The van der Waals surface area contributed by atoms with E-state index in [1.54, 1.807) is 0 Å². The van der Waals surface area contributed by atoms with Crippen LogP contribution in [0.3, 0.4) is 0 Å². The normalized spacial score (nSPS) is 15.5. The minimum atomic E-state index is 0.125. The maximum Gasteiger partial charge on any atom is 0.241 e. The van der Waals surface area contributed by atoms with E-state index >= 15 is 0 Å². The Balaban J connectivity index is 1.29. The van der Waals surface area contributed by atoms with Crippen molar-refractivity contribution in [3.8, 4) is 0 Å². The number of carbonyl (C=O) groups is 1. The van der Waals surface area contributed by atoms with Crippen molar-refractivity contribution in [3.63, 3.8) is 0 Å². The minimum Gasteiger partial charge on any atom is -0.376 e. The molecule has 2 heterocycles. The highest BCUT2D eigenvalue weighted by molar-refractivity contribution is 6.30. The lowest BCUT2D eigenvalue weighted by atomic mass is 10.3. The molecule has 0 unspecified atom stereocenters. The molecule has 0 bridgehead atoms. The first-order valence-corrected chi connectivity index (χ1v) is 9.98. The Morgan fingerprint density at radius 3 is 2.71 bits per heavy atom. The van der Waals surface area contributed by atoms with Gasteiger partial charge in [0.1, 0.15) is 5.82 Å². The van der Waals surface area contributed by atoms with E-state index in [0.29, 0.717) is 11.6 Å². The first kappa shape index (κ1) is 18.8. The highest BCUT2D eigenvalue weighted by Gasteiger charge is 2.19. The number of anilines is 1. The summed E-state index contributed by atoms with van der Waals surface area (Å²) in [6.45, 7) is 4.42. The molecule has 0 aliphatic carbocycles. The van der Waals surface area contributed by atoms with Crippen molar-refractivity contribution in [1.82, 2.24) is 19.8 Å². The Bertz CT molecular complexity index is 906. The van der Waals surface area contributed by atoms with Gasteiger partial charge in [0.05, 0.1) is 24.1 Å². The number of rotatable bonds is 5. The number of halogens is 1. The van der Waals surface area contributed by atoms with Gasteiger partial charge < -0.3 is 15.2 Å². The van der Waals surface area contributed by atoms with Crippen LogP contribution in [0.4, 0.5) is 5.69 Å².